The van der Waals surface area contributed by atoms with Crippen molar-refractivity contribution in [2.75, 3.05) is 0 Å². The summed E-state index contributed by atoms with van der Waals surface area (Å²) in [6.45, 7) is 0. The summed E-state index contributed by atoms with van der Waals surface area (Å²) in [5, 5.41) is 0. The van der Waals surface area contributed by atoms with Crippen LogP contribution in [-0.4, -0.2) is 11.6 Å². The molecule has 0 heterocycles. The van der Waals surface area contributed by atoms with E-state index in [1.807, 2.05) is 0 Å². The van der Waals surface area contributed by atoms with Gasteiger partial charge in [-0.25, -0.2) is 8.78 Å². The van der Waals surface area contributed by atoms with E-state index in [-0.39, 0.29) is 45.7 Å². The molecule has 2 saturated carbocycles. The molecule has 0 radical (unpaired) electrons. The molecular weight excluding hydrogens is 442 g/mol. The predicted molar refractivity (Wildman–Crippen MR) is 135 cm³/mol. The van der Waals surface area contributed by atoms with E-state index in [0.29, 0.717) is 25.7 Å². The van der Waals surface area contributed by atoms with Crippen LogP contribution in [0.3, 0.4) is 0 Å². The first-order valence-electron chi connectivity index (χ1n) is 14.6. The molecule has 4 heteroatoms. The van der Waals surface area contributed by atoms with Crippen molar-refractivity contribution in [1.82, 2.24) is 0 Å². The second-order valence-corrected chi connectivity index (χ2v) is 12.3. The Hall–Kier alpha value is -1.58. The van der Waals surface area contributed by atoms with E-state index in [0.717, 1.165) is 64.2 Å². The Balaban J connectivity index is 1.51. The Morgan fingerprint density at radius 3 is 1.46 bits per heavy atom. The molecule has 2 fully saturated rings. The fraction of sp³-hybridized carbons (Fsp3) is 0.742. The maximum Gasteiger partial charge on any atom is 0.172 e. The normalized spacial score (nSPS) is 25.3. The van der Waals surface area contributed by atoms with Gasteiger partial charge in [-0.3, -0.25) is 9.59 Å². The number of hydrogen-bond donors (Lipinski definition) is 0. The SMILES string of the molecule is O=C1CC2(CCCCCCCCC2)Cc2c(F)c3c(c(F)c21)CC1(CCCCCCCCC1)C3=O. The maximum atomic E-state index is 16.2. The van der Waals surface area contributed by atoms with Crippen molar-refractivity contribution < 1.29 is 18.4 Å². The summed E-state index contributed by atoms with van der Waals surface area (Å²) in [6.07, 6.45) is 19.9. The average Bonchev–Trinajstić information content (AvgIpc) is 3.13. The van der Waals surface area contributed by atoms with E-state index in [2.05, 4.69) is 0 Å². The van der Waals surface area contributed by atoms with E-state index in [1.165, 1.54) is 38.5 Å². The van der Waals surface area contributed by atoms with Crippen LogP contribution in [0.5, 0.6) is 0 Å². The number of carbonyl (C=O) groups is 2. The van der Waals surface area contributed by atoms with Crippen LogP contribution in [0.4, 0.5) is 8.78 Å². The van der Waals surface area contributed by atoms with Crippen molar-refractivity contribution in [3.8, 4) is 0 Å². The van der Waals surface area contributed by atoms with Gasteiger partial charge in [0.1, 0.15) is 11.6 Å². The van der Waals surface area contributed by atoms with Crippen molar-refractivity contribution >= 4 is 11.6 Å². The minimum atomic E-state index is -0.678. The van der Waals surface area contributed by atoms with E-state index >= 15 is 8.78 Å². The lowest BCUT2D eigenvalue weighted by molar-refractivity contribution is 0.0769. The molecule has 2 spiro atoms. The molecule has 0 unspecified atom stereocenters. The van der Waals surface area contributed by atoms with Crippen LogP contribution in [0.1, 0.15) is 154 Å². The molecule has 1 aromatic carbocycles. The van der Waals surface area contributed by atoms with Gasteiger partial charge in [0, 0.05) is 23.0 Å². The Bertz CT molecular complexity index is 959. The number of rotatable bonds is 0. The predicted octanol–water partition coefficient (Wildman–Crippen LogP) is 8.85. The number of ketones is 2. The van der Waals surface area contributed by atoms with Crippen molar-refractivity contribution in [3.63, 3.8) is 0 Å². The van der Waals surface area contributed by atoms with Crippen LogP contribution in [-0.2, 0) is 12.8 Å². The topological polar surface area (TPSA) is 34.1 Å². The van der Waals surface area contributed by atoms with Gasteiger partial charge in [0.05, 0.1) is 11.1 Å². The van der Waals surface area contributed by atoms with E-state index in [1.54, 1.807) is 0 Å². The number of fused-ring (bicyclic) bond motifs is 2. The zero-order valence-corrected chi connectivity index (χ0v) is 21.4. The standard InChI is InChI=1S/C31H42F2O2/c32-27-23-20-31(17-13-9-5-2-6-10-14-18-31)29(35)26(23)28(33)22-19-30(21-24(34)25(22)27)15-11-7-3-1-4-8-12-16-30/h1-21H2. The summed E-state index contributed by atoms with van der Waals surface area (Å²) in [5.74, 6) is -1.54. The Morgan fingerprint density at radius 2 is 0.914 bits per heavy atom. The molecule has 4 aliphatic rings. The van der Waals surface area contributed by atoms with E-state index < -0.39 is 17.0 Å². The highest BCUT2D eigenvalue weighted by molar-refractivity contribution is 6.08. The van der Waals surface area contributed by atoms with Crippen LogP contribution >= 0.6 is 0 Å². The van der Waals surface area contributed by atoms with Gasteiger partial charge < -0.3 is 0 Å². The first kappa shape index (κ1) is 25.1. The number of carbonyl (C=O) groups excluding carboxylic acids is 2. The number of Topliss-reactive ketones (excluding diaryl/α,β-unsaturated/α-hetero) is 2. The van der Waals surface area contributed by atoms with Gasteiger partial charge in [-0.15, -0.1) is 0 Å². The van der Waals surface area contributed by atoms with Gasteiger partial charge in [-0.2, -0.15) is 0 Å². The van der Waals surface area contributed by atoms with Crippen molar-refractivity contribution in [1.29, 1.82) is 0 Å². The first-order valence-corrected chi connectivity index (χ1v) is 14.6. The molecule has 2 nitrogen and oxygen atoms in total. The Kier molecular flexibility index (Phi) is 7.47. The van der Waals surface area contributed by atoms with Crippen LogP contribution in [0.15, 0.2) is 0 Å². The van der Waals surface area contributed by atoms with Gasteiger partial charge in [0.25, 0.3) is 0 Å². The van der Waals surface area contributed by atoms with Gasteiger partial charge in [-0.05, 0) is 43.9 Å². The second kappa shape index (κ2) is 10.4. The third-order valence-electron chi connectivity index (χ3n) is 9.89. The molecule has 0 N–H and O–H groups in total. The lowest BCUT2D eigenvalue weighted by atomic mass is 9.65. The monoisotopic (exact) mass is 484 g/mol. The number of benzene rings is 1. The molecule has 192 valence electrons. The number of hydrogen-bond acceptors (Lipinski definition) is 2. The molecule has 0 bridgehead atoms. The van der Waals surface area contributed by atoms with Crippen LogP contribution in [0.25, 0.3) is 0 Å². The molecule has 0 amide bonds. The summed E-state index contributed by atoms with van der Waals surface area (Å²) in [6, 6.07) is 0. The summed E-state index contributed by atoms with van der Waals surface area (Å²) in [5.41, 5.74) is -0.545. The summed E-state index contributed by atoms with van der Waals surface area (Å²) in [7, 11) is 0. The average molecular weight is 485 g/mol. The zero-order valence-electron chi connectivity index (χ0n) is 21.4. The molecule has 0 atom stereocenters. The van der Waals surface area contributed by atoms with Crippen LogP contribution < -0.4 is 0 Å². The van der Waals surface area contributed by atoms with Gasteiger partial charge in [-0.1, -0.05) is 89.9 Å². The quantitative estimate of drug-likeness (QED) is 0.368. The molecule has 1 aromatic rings. The third-order valence-corrected chi connectivity index (χ3v) is 9.89. The van der Waals surface area contributed by atoms with Gasteiger partial charge in [0.2, 0.25) is 0 Å². The second-order valence-electron chi connectivity index (χ2n) is 12.3. The number of halogens is 2. The van der Waals surface area contributed by atoms with Crippen LogP contribution in [0, 0.1) is 22.5 Å². The van der Waals surface area contributed by atoms with E-state index in [4.69, 9.17) is 0 Å². The minimum Gasteiger partial charge on any atom is -0.294 e. The van der Waals surface area contributed by atoms with Crippen molar-refractivity contribution in [2.45, 2.75) is 135 Å². The summed E-state index contributed by atoms with van der Waals surface area (Å²) < 4.78 is 32.3. The highest BCUT2D eigenvalue weighted by atomic mass is 19.1. The molecule has 0 saturated heterocycles. The van der Waals surface area contributed by atoms with Crippen molar-refractivity contribution in [3.05, 3.63) is 33.9 Å². The highest BCUT2D eigenvalue weighted by Crippen LogP contribution is 2.51. The largest absolute Gasteiger partial charge is 0.294 e. The fourth-order valence-electron chi connectivity index (χ4n) is 7.90. The Labute approximate surface area is 209 Å². The molecule has 0 aromatic heterocycles. The highest BCUT2D eigenvalue weighted by Gasteiger charge is 2.50. The lowest BCUT2D eigenvalue weighted by Crippen LogP contribution is -2.35. The minimum absolute atomic E-state index is 0.00280. The zero-order chi connectivity index (χ0) is 24.5. The van der Waals surface area contributed by atoms with Crippen molar-refractivity contribution in [2.24, 2.45) is 10.8 Å². The van der Waals surface area contributed by atoms with E-state index in [9.17, 15) is 9.59 Å². The first-order chi connectivity index (χ1) is 17.0. The van der Waals surface area contributed by atoms with Crippen LogP contribution in [0.2, 0.25) is 0 Å². The molecule has 5 rings (SSSR count). The molecule has 4 aliphatic carbocycles. The molecule has 0 aliphatic heterocycles. The Morgan fingerprint density at radius 1 is 0.486 bits per heavy atom. The third kappa shape index (κ3) is 4.76. The molecular formula is C31H42F2O2. The van der Waals surface area contributed by atoms with Gasteiger partial charge >= 0.3 is 0 Å². The maximum absolute atomic E-state index is 16.2. The smallest absolute Gasteiger partial charge is 0.172 e. The fourth-order valence-corrected chi connectivity index (χ4v) is 7.90. The lowest BCUT2D eigenvalue weighted by Gasteiger charge is -2.39. The summed E-state index contributed by atoms with van der Waals surface area (Å²) >= 11 is 0. The van der Waals surface area contributed by atoms with Gasteiger partial charge in [0.15, 0.2) is 11.6 Å². The molecule has 35 heavy (non-hydrogen) atoms. The summed E-state index contributed by atoms with van der Waals surface area (Å²) in [4.78, 5) is 27.3.